The van der Waals surface area contributed by atoms with Gasteiger partial charge in [-0.15, -0.1) is 0 Å². The Morgan fingerprint density at radius 1 is 0.912 bits per heavy atom. The molecule has 0 spiro atoms. The van der Waals surface area contributed by atoms with Crippen molar-refractivity contribution in [1.82, 2.24) is 18.8 Å². The van der Waals surface area contributed by atoms with Crippen molar-refractivity contribution in [3.8, 4) is 5.69 Å². The Labute approximate surface area is 202 Å². The average molecular weight is 496 g/mol. The molecule has 3 aromatic carbocycles. The van der Waals surface area contributed by atoms with Crippen LogP contribution in [0.5, 0.6) is 0 Å². The Kier molecular flexibility index (Phi) is 5.76. The smallest absolute Gasteiger partial charge is 0.253 e. The first-order chi connectivity index (χ1) is 16.3. The Balaban J connectivity index is 1.27. The maximum Gasteiger partial charge on any atom is 0.253 e. The molecule has 0 unspecified atom stereocenters. The molecule has 1 saturated heterocycles. The fraction of sp³-hybridized carbons (Fsp3) is 0.167. The fourth-order valence-electron chi connectivity index (χ4n) is 4.12. The molecule has 1 aliphatic rings. The molecule has 0 radical (unpaired) electrons. The van der Waals surface area contributed by atoms with Crippen LogP contribution in [-0.2, 0) is 10.0 Å². The van der Waals surface area contributed by atoms with Gasteiger partial charge in [0.25, 0.3) is 5.91 Å². The van der Waals surface area contributed by atoms with Crippen molar-refractivity contribution in [3.05, 3.63) is 83.6 Å². The summed E-state index contributed by atoms with van der Waals surface area (Å²) in [5.41, 5.74) is 7.17. The monoisotopic (exact) mass is 495 g/mol. The SMILES string of the molecule is Nc1nccn1-c1ccc(C(=O)N2CCN(S(=O)(=O)c3ccc4cc(Cl)ccc4c3)CC2)cc1. The predicted molar refractivity (Wildman–Crippen MR) is 132 cm³/mol. The van der Waals surface area contributed by atoms with E-state index in [9.17, 15) is 13.2 Å². The van der Waals surface area contributed by atoms with Crippen LogP contribution in [0.2, 0.25) is 5.02 Å². The average Bonchev–Trinajstić information content (AvgIpc) is 3.29. The summed E-state index contributed by atoms with van der Waals surface area (Å²) in [5.74, 6) is 0.233. The van der Waals surface area contributed by atoms with E-state index in [1.54, 1.807) is 82.5 Å². The number of hydrogen-bond acceptors (Lipinski definition) is 5. The Bertz CT molecular complexity index is 1480. The number of carbonyl (C=O) groups excluding carboxylic acids is 1. The van der Waals surface area contributed by atoms with E-state index in [0.717, 1.165) is 16.5 Å². The van der Waals surface area contributed by atoms with Crippen LogP contribution in [-0.4, -0.2) is 59.3 Å². The van der Waals surface area contributed by atoms with E-state index >= 15 is 0 Å². The summed E-state index contributed by atoms with van der Waals surface area (Å²) in [7, 11) is -3.67. The Morgan fingerprint density at radius 2 is 1.59 bits per heavy atom. The lowest BCUT2D eigenvalue weighted by molar-refractivity contribution is 0.0698. The van der Waals surface area contributed by atoms with Crippen molar-refractivity contribution >= 4 is 44.3 Å². The number of piperazine rings is 1. The number of aromatic nitrogens is 2. The first-order valence-electron chi connectivity index (χ1n) is 10.7. The minimum absolute atomic E-state index is 0.134. The molecule has 8 nitrogen and oxygen atoms in total. The summed E-state index contributed by atoms with van der Waals surface area (Å²) in [4.78, 5) is 18.9. The highest BCUT2D eigenvalue weighted by atomic mass is 35.5. The lowest BCUT2D eigenvalue weighted by atomic mass is 10.1. The van der Waals surface area contributed by atoms with Gasteiger partial charge in [0.05, 0.1) is 4.90 Å². The number of hydrogen-bond donors (Lipinski definition) is 1. The van der Waals surface area contributed by atoms with Crippen LogP contribution in [0.1, 0.15) is 10.4 Å². The van der Waals surface area contributed by atoms with Crippen molar-refractivity contribution in [2.75, 3.05) is 31.9 Å². The number of nitrogens with two attached hydrogens (primary N) is 1. The van der Waals surface area contributed by atoms with Gasteiger partial charge in [0.1, 0.15) is 0 Å². The van der Waals surface area contributed by atoms with E-state index in [-0.39, 0.29) is 23.9 Å². The van der Waals surface area contributed by atoms with Crippen molar-refractivity contribution in [1.29, 1.82) is 0 Å². The van der Waals surface area contributed by atoms with Crippen molar-refractivity contribution in [3.63, 3.8) is 0 Å². The molecule has 174 valence electrons. The van der Waals surface area contributed by atoms with Gasteiger partial charge in [-0.05, 0) is 59.3 Å². The minimum atomic E-state index is -3.67. The second-order valence-electron chi connectivity index (χ2n) is 8.05. The summed E-state index contributed by atoms with van der Waals surface area (Å²) < 4.78 is 29.6. The number of nitrogen functional groups attached to an aromatic ring is 1. The number of rotatable bonds is 4. The predicted octanol–water partition coefficient (Wildman–Crippen LogP) is 3.41. The topological polar surface area (TPSA) is 102 Å². The number of benzene rings is 3. The van der Waals surface area contributed by atoms with Gasteiger partial charge < -0.3 is 10.6 Å². The van der Waals surface area contributed by atoms with Crippen molar-refractivity contribution < 1.29 is 13.2 Å². The van der Waals surface area contributed by atoms with Crippen LogP contribution >= 0.6 is 11.6 Å². The largest absolute Gasteiger partial charge is 0.369 e. The summed E-state index contributed by atoms with van der Waals surface area (Å²) in [6.45, 7) is 1.10. The van der Waals surface area contributed by atoms with Gasteiger partial charge in [0.2, 0.25) is 16.0 Å². The third-order valence-electron chi connectivity index (χ3n) is 6.00. The highest BCUT2D eigenvalue weighted by molar-refractivity contribution is 7.89. The van der Waals surface area contributed by atoms with E-state index in [4.69, 9.17) is 17.3 Å². The van der Waals surface area contributed by atoms with Crippen LogP contribution in [0.15, 0.2) is 78.0 Å². The molecular formula is C24H22ClN5O3S. The van der Waals surface area contributed by atoms with Gasteiger partial charge in [0.15, 0.2) is 0 Å². The maximum atomic E-state index is 13.2. The lowest BCUT2D eigenvalue weighted by Crippen LogP contribution is -2.50. The van der Waals surface area contributed by atoms with Gasteiger partial charge in [0, 0.05) is 54.8 Å². The summed E-state index contributed by atoms with van der Waals surface area (Å²) >= 11 is 6.02. The van der Waals surface area contributed by atoms with E-state index in [1.165, 1.54) is 4.31 Å². The normalized spacial score (nSPS) is 15.0. The lowest BCUT2D eigenvalue weighted by Gasteiger charge is -2.34. The number of fused-ring (bicyclic) bond motifs is 1. The zero-order valence-corrected chi connectivity index (χ0v) is 19.7. The molecule has 1 aliphatic heterocycles. The van der Waals surface area contributed by atoms with Crippen molar-refractivity contribution in [2.24, 2.45) is 0 Å². The second-order valence-corrected chi connectivity index (χ2v) is 10.4. The first-order valence-corrected chi connectivity index (χ1v) is 12.5. The number of sulfonamides is 1. The number of nitrogens with zero attached hydrogens (tertiary/aromatic N) is 4. The van der Waals surface area contributed by atoms with Crippen LogP contribution in [0.4, 0.5) is 5.95 Å². The molecule has 34 heavy (non-hydrogen) atoms. The molecular weight excluding hydrogens is 474 g/mol. The molecule has 0 saturated carbocycles. The molecule has 0 atom stereocenters. The molecule has 2 heterocycles. The van der Waals surface area contributed by atoms with E-state index < -0.39 is 10.0 Å². The van der Waals surface area contributed by atoms with Gasteiger partial charge in [-0.2, -0.15) is 4.31 Å². The molecule has 1 fully saturated rings. The zero-order chi connectivity index (χ0) is 23.9. The molecule has 0 aliphatic carbocycles. The molecule has 10 heteroatoms. The van der Waals surface area contributed by atoms with Crippen LogP contribution < -0.4 is 5.73 Å². The quantitative estimate of drug-likeness (QED) is 0.467. The maximum absolute atomic E-state index is 13.2. The van der Waals surface area contributed by atoms with E-state index in [1.807, 2.05) is 0 Å². The van der Waals surface area contributed by atoms with Crippen molar-refractivity contribution in [2.45, 2.75) is 4.90 Å². The number of amides is 1. The Hall–Kier alpha value is -3.40. The zero-order valence-electron chi connectivity index (χ0n) is 18.1. The highest BCUT2D eigenvalue weighted by Crippen LogP contribution is 2.25. The summed E-state index contributed by atoms with van der Waals surface area (Å²) in [5, 5.41) is 2.29. The highest BCUT2D eigenvalue weighted by Gasteiger charge is 2.30. The molecule has 5 rings (SSSR count). The van der Waals surface area contributed by atoms with Crippen LogP contribution in [0.25, 0.3) is 16.5 Å². The van der Waals surface area contributed by atoms with Gasteiger partial charge in [-0.1, -0.05) is 23.7 Å². The standard InChI is InChI=1S/C24H22ClN5O3S/c25-20-5-1-19-16-22(8-4-18(19)15-20)34(32,33)29-13-11-28(12-14-29)23(31)17-2-6-21(7-3-17)30-10-9-27-24(30)26/h1-10,15-16H,11-14H2,(H2,26,27). The molecule has 2 N–H and O–H groups in total. The fourth-order valence-corrected chi connectivity index (χ4v) is 5.75. The summed E-state index contributed by atoms with van der Waals surface area (Å²) in [6, 6.07) is 17.4. The number of halogens is 1. The van der Waals surface area contributed by atoms with Crippen LogP contribution in [0.3, 0.4) is 0 Å². The summed E-state index contributed by atoms with van der Waals surface area (Å²) in [6.07, 6.45) is 3.35. The third-order valence-corrected chi connectivity index (χ3v) is 8.13. The third kappa shape index (κ3) is 4.13. The van der Waals surface area contributed by atoms with E-state index in [0.29, 0.717) is 29.6 Å². The first kappa shape index (κ1) is 22.4. The van der Waals surface area contributed by atoms with Gasteiger partial charge in [-0.25, -0.2) is 13.4 Å². The number of carbonyl (C=O) groups is 1. The molecule has 1 aromatic heterocycles. The molecule has 4 aromatic rings. The molecule has 1 amide bonds. The molecule has 0 bridgehead atoms. The van der Waals surface area contributed by atoms with Gasteiger partial charge in [-0.3, -0.25) is 9.36 Å². The number of imidazole rings is 1. The van der Waals surface area contributed by atoms with E-state index in [2.05, 4.69) is 4.98 Å². The Morgan fingerprint density at radius 3 is 2.26 bits per heavy atom. The minimum Gasteiger partial charge on any atom is -0.369 e. The van der Waals surface area contributed by atoms with Gasteiger partial charge >= 0.3 is 0 Å². The second kappa shape index (κ2) is 8.75. The number of anilines is 1. The van der Waals surface area contributed by atoms with Crippen LogP contribution in [0, 0.1) is 0 Å².